The third-order valence-electron chi connectivity index (χ3n) is 2.66. The number of hydrogen-bond donors (Lipinski definition) is 2. The van der Waals surface area contributed by atoms with Crippen LogP contribution in [-0.4, -0.2) is 35.6 Å². The molecule has 1 amide bonds. The molecular formula is C13H19FN2O2. The minimum Gasteiger partial charge on any atom is -0.399 e. The van der Waals surface area contributed by atoms with Gasteiger partial charge < -0.3 is 15.7 Å². The van der Waals surface area contributed by atoms with Crippen molar-refractivity contribution >= 4 is 11.6 Å². The maximum absolute atomic E-state index is 13.6. The first-order valence-electron chi connectivity index (χ1n) is 6.05. The van der Waals surface area contributed by atoms with Gasteiger partial charge in [0.05, 0.1) is 12.2 Å². The summed E-state index contributed by atoms with van der Waals surface area (Å²) < 4.78 is 13.6. The number of rotatable bonds is 6. The molecule has 100 valence electrons. The Hall–Kier alpha value is -1.62. The molecule has 0 aromatic heterocycles. The van der Waals surface area contributed by atoms with Crippen molar-refractivity contribution in [2.24, 2.45) is 0 Å². The van der Waals surface area contributed by atoms with Crippen LogP contribution in [0.5, 0.6) is 0 Å². The lowest BCUT2D eigenvalue weighted by Crippen LogP contribution is -2.35. The Labute approximate surface area is 106 Å². The molecule has 5 heteroatoms. The first kappa shape index (κ1) is 14.4. The number of benzene rings is 1. The summed E-state index contributed by atoms with van der Waals surface area (Å²) in [4.78, 5) is 13.6. The van der Waals surface area contributed by atoms with E-state index >= 15 is 0 Å². The quantitative estimate of drug-likeness (QED) is 0.758. The van der Waals surface area contributed by atoms with Crippen LogP contribution >= 0.6 is 0 Å². The normalized spacial score (nSPS) is 10.4. The molecule has 4 nitrogen and oxygen atoms in total. The third-order valence-corrected chi connectivity index (χ3v) is 2.66. The summed E-state index contributed by atoms with van der Waals surface area (Å²) in [5.41, 5.74) is 5.86. The molecule has 0 bridgehead atoms. The Morgan fingerprint density at radius 1 is 1.44 bits per heavy atom. The molecule has 0 saturated carbocycles. The fourth-order valence-corrected chi connectivity index (χ4v) is 1.66. The number of aliphatic hydroxyl groups is 1. The summed E-state index contributed by atoms with van der Waals surface area (Å²) in [6, 6.07) is 3.92. The number of halogens is 1. The van der Waals surface area contributed by atoms with Gasteiger partial charge in [-0.1, -0.05) is 13.3 Å². The Morgan fingerprint density at radius 3 is 2.78 bits per heavy atom. The molecule has 0 atom stereocenters. The molecule has 0 fully saturated rings. The fourth-order valence-electron chi connectivity index (χ4n) is 1.66. The number of hydrogen-bond acceptors (Lipinski definition) is 3. The first-order valence-corrected chi connectivity index (χ1v) is 6.05. The molecule has 0 aliphatic carbocycles. The zero-order valence-corrected chi connectivity index (χ0v) is 10.5. The lowest BCUT2D eigenvalue weighted by atomic mass is 10.1. The summed E-state index contributed by atoms with van der Waals surface area (Å²) in [5, 5.41) is 8.94. The van der Waals surface area contributed by atoms with Crippen LogP contribution in [0, 0.1) is 5.82 Å². The second-order valence-corrected chi connectivity index (χ2v) is 4.11. The van der Waals surface area contributed by atoms with E-state index in [2.05, 4.69) is 0 Å². The number of anilines is 1. The number of carbonyl (C=O) groups is 1. The number of carbonyl (C=O) groups excluding carboxylic acids is 1. The van der Waals surface area contributed by atoms with Crippen molar-refractivity contribution in [1.29, 1.82) is 0 Å². The highest BCUT2D eigenvalue weighted by Crippen LogP contribution is 2.15. The van der Waals surface area contributed by atoms with Crippen molar-refractivity contribution in [3.05, 3.63) is 29.6 Å². The van der Waals surface area contributed by atoms with Crippen molar-refractivity contribution in [1.82, 2.24) is 4.90 Å². The smallest absolute Gasteiger partial charge is 0.256 e. The number of nitrogens with zero attached hydrogens (tertiary/aromatic N) is 1. The van der Waals surface area contributed by atoms with Gasteiger partial charge in [-0.3, -0.25) is 4.79 Å². The molecule has 1 aromatic rings. The lowest BCUT2D eigenvalue weighted by Gasteiger charge is -2.22. The number of aliphatic hydroxyl groups excluding tert-OH is 1. The predicted octanol–water partition coefficient (Wildman–Crippen LogP) is 1.64. The Morgan fingerprint density at radius 2 is 2.17 bits per heavy atom. The van der Waals surface area contributed by atoms with Crippen LogP contribution in [-0.2, 0) is 0 Å². The highest BCUT2D eigenvalue weighted by atomic mass is 19.1. The van der Waals surface area contributed by atoms with E-state index in [-0.39, 0.29) is 18.7 Å². The topological polar surface area (TPSA) is 66.6 Å². The van der Waals surface area contributed by atoms with E-state index in [4.69, 9.17) is 10.8 Å². The van der Waals surface area contributed by atoms with Crippen molar-refractivity contribution < 1.29 is 14.3 Å². The minimum atomic E-state index is -0.589. The van der Waals surface area contributed by atoms with E-state index in [1.807, 2.05) is 6.92 Å². The highest BCUT2D eigenvalue weighted by molar-refractivity contribution is 5.95. The van der Waals surface area contributed by atoms with Crippen LogP contribution < -0.4 is 5.73 Å². The summed E-state index contributed by atoms with van der Waals surface area (Å²) >= 11 is 0. The molecule has 0 radical (unpaired) electrons. The van der Waals surface area contributed by atoms with E-state index in [0.29, 0.717) is 12.2 Å². The molecule has 0 unspecified atom stereocenters. The Balaban J connectivity index is 2.90. The second-order valence-electron chi connectivity index (χ2n) is 4.11. The lowest BCUT2D eigenvalue weighted by molar-refractivity contribution is 0.0715. The van der Waals surface area contributed by atoms with Gasteiger partial charge >= 0.3 is 0 Å². The van der Waals surface area contributed by atoms with Crippen LogP contribution in [0.2, 0.25) is 0 Å². The van der Waals surface area contributed by atoms with Gasteiger partial charge in [0, 0.05) is 18.8 Å². The van der Waals surface area contributed by atoms with Gasteiger partial charge in [-0.25, -0.2) is 4.39 Å². The number of amides is 1. The molecule has 0 aliphatic rings. The van der Waals surface area contributed by atoms with Gasteiger partial charge in [-0.15, -0.1) is 0 Å². The SMILES string of the molecule is CCCCN(CCO)C(=O)c1cc(N)ccc1F. The Bertz CT molecular complexity index is 410. The summed E-state index contributed by atoms with van der Waals surface area (Å²) in [6.45, 7) is 2.57. The van der Waals surface area contributed by atoms with Crippen LogP contribution in [0.4, 0.5) is 10.1 Å². The number of unbranched alkanes of at least 4 members (excludes halogenated alkanes) is 1. The van der Waals surface area contributed by atoms with Gasteiger partial charge in [-0.2, -0.15) is 0 Å². The molecule has 3 N–H and O–H groups in total. The van der Waals surface area contributed by atoms with Crippen molar-refractivity contribution in [3.8, 4) is 0 Å². The van der Waals surface area contributed by atoms with Gasteiger partial charge in [0.15, 0.2) is 0 Å². The van der Waals surface area contributed by atoms with E-state index in [1.165, 1.54) is 23.1 Å². The standard InChI is InChI=1S/C13H19FN2O2/c1-2-3-6-16(7-8-17)13(18)11-9-10(15)4-5-12(11)14/h4-5,9,17H,2-3,6-8,15H2,1H3. The summed E-state index contributed by atoms with van der Waals surface area (Å²) in [7, 11) is 0. The molecule has 0 heterocycles. The van der Waals surface area contributed by atoms with Crippen LogP contribution in [0.25, 0.3) is 0 Å². The van der Waals surface area contributed by atoms with Crippen molar-refractivity contribution in [2.45, 2.75) is 19.8 Å². The zero-order valence-electron chi connectivity index (χ0n) is 10.5. The van der Waals surface area contributed by atoms with Gasteiger partial charge in [0.25, 0.3) is 5.91 Å². The Kier molecular flexibility index (Phi) is 5.58. The summed E-state index contributed by atoms with van der Waals surface area (Å²) in [5.74, 6) is -1.02. The summed E-state index contributed by atoms with van der Waals surface area (Å²) in [6.07, 6.45) is 1.74. The molecule has 18 heavy (non-hydrogen) atoms. The largest absolute Gasteiger partial charge is 0.399 e. The molecular weight excluding hydrogens is 235 g/mol. The second kappa shape index (κ2) is 6.96. The number of nitrogens with two attached hydrogens (primary N) is 1. The van der Waals surface area contributed by atoms with Crippen molar-refractivity contribution in [3.63, 3.8) is 0 Å². The first-order chi connectivity index (χ1) is 8.60. The van der Waals surface area contributed by atoms with E-state index < -0.39 is 11.7 Å². The van der Waals surface area contributed by atoms with Gasteiger partial charge in [0.1, 0.15) is 5.82 Å². The number of nitrogen functional groups attached to an aromatic ring is 1. The van der Waals surface area contributed by atoms with Crippen LogP contribution in [0.15, 0.2) is 18.2 Å². The monoisotopic (exact) mass is 254 g/mol. The minimum absolute atomic E-state index is 0.0421. The highest BCUT2D eigenvalue weighted by Gasteiger charge is 2.18. The maximum atomic E-state index is 13.6. The van der Waals surface area contributed by atoms with E-state index in [1.54, 1.807) is 0 Å². The predicted molar refractivity (Wildman–Crippen MR) is 68.7 cm³/mol. The van der Waals surface area contributed by atoms with E-state index in [9.17, 15) is 9.18 Å². The average Bonchev–Trinajstić information content (AvgIpc) is 2.36. The third kappa shape index (κ3) is 3.70. The molecule has 0 aliphatic heterocycles. The van der Waals surface area contributed by atoms with Gasteiger partial charge in [-0.05, 0) is 24.6 Å². The van der Waals surface area contributed by atoms with Gasteiger partial charge in [0.2, 0.25) is 0 Å². The fraction of sp³-hybridized carbons (Fsp3) is 0.462. The average molecular weight is 254 g/mol. The maximum Gasteiger partial charge on any atom is 0.256 e. The van der Waals surface area contributed by atoms with E-state index in [0.717, 1.165) is 12.8 Å². The molecule has 0 saturated heterocycles. The van der Waals surface area contributed by atoms with Crippen LogP contribution in [0.1, 0.15) is 30.1 Å². The molecule has 0 spiro atoms. The molecule has 1 aromatic carbocycles. The zero-order chi connectivity index (χ0) is 13.5. The molecule has 1 rings (SSSR count). The van der Waals surface area contributed by atoms with Crippen LogP contribution in [0.3, 0.4) is 0 Å². The van der Waals surface area contributed by atoms with Crippen molar-refractivity contribution in [2.75, 3.05) is 25.4 Å².